The van der Waals surface area contributed by atoms with Gasteiger partial charge in [0, 0.05) is 13.6 Å². The molecule has 0 saturated carbocycles. The Bertz CT molecular complexity index is 382. The molecule has 2 unspecified atom stereocenters. The van der Waals surface area contributed by atoms with Gasteiger partial charge in [0.1, 0.15) is 5.92 Å². The van der Waals surface area contributed by atoms with Crippen molar-refractivity contribution in [3.05, 3.63) is 0 Å². The maximum atomic E-state index is 12.2. The van der Waals surface area contributed by atoms with E-state index in [1.54, 1.807) is 7.05 Å². The zero-order valence-corrected chi connectivity index (χ0v) is 12.7. The molecule has 7 heteroatoms. The Kier molecular flexibility index (Phi) is 5.41. The first-order valence-electron chi connectivity index (χ1n) is 7.48. The molecule has 21 heavy (non-hydrogen) atoms. The second-order valence-corrected chi connectivity index (χ2v) is 6.09. The van der Waals surface area contributed by atoms with Gasteiger partial charge in [-0.3, -0.25) is 4.79 Å². The van der Waals surface area contributed by atoms with Crippen LogP contribution in [-0.4, -0.2) is 79.9 Å². The smallest absolute Gasteiger partial charge is 0.317 e. The second kappa shape index (κ2) is 7.09. The van der Waals surface area contributed by atoms with Gasteiger partial charge in [0.05, 0.1) is 19.3 Å². The molecule has 2 aliphatic rings. The lowest BCUT2D eigenvalue weighted by molar-refractivity contribution is -0.142. The van der Waals surface area contributed by atoms with Gasteiger partial charge in [-0.15, -0.1) is 0 Å². The maximum Gasteiger partial charge on any atom is 0.317 e. The minimum atomic E-state index is -0.910. The quantitative estimate of drug-likeness (QED) is 0.767. The molecule has 2 saturated heterocycles. The Morgan fingerprint density at radius 3 is 2.62 bits per heavy atom. The summed E-state index contributed by atoms with van der Waals surface area (Å²) >= 11 is 0. The van der Waals surface area contributed by atoms with E-state index in [2.05, 4.69) is 17.3 Å². The second-order valence-electron chi connectivity index (χ2n) is 6.09. The van der Waals surface area contributed by atoms with Crippen molar-refractivity contribution in [2.75, 3.05) is 46.9 Å². The number of carboxylic acids is 1. The number of hydrogen-bond donors (Lipinski definition) is 2. The topological polar surface area (TPSA) is 82.1 Å². The molecule has 0 aromatic heterocycles. The highest BCUT2D eigenvalue weighted by Crippen LogP contribution is 2.19. The average molecular weight is 299 g/mol. The van der Waals surface area contributed by atoms with E-state index in [4.69, 9.17) is 9.84 Å². The zero-order chi connectivity index (χ0) is 15.4. The molecule has 2 N–H and O–H groups in total. The predicted molar refractivity (Wildman–Crippen MR) is 77.1 cm³/mol. The average Bonchev–Trinajstić information content (AvgIpc) is 2.95. The fraction of sp³-hybridized carbons (Fsp3) is 0.857. The van der Waals surface area contributed by atoms with Crippen molar-refractivity contribution in [2.24, 2.45) is 11.8 Å². The molecule has 2 aliphatic heterocycles. The third-order valence-corrected chi connectivity index (χ3v) is 4.57. The molecule has 2 atom stereocenters. The van der Waals surface area contributed by atoms with Crippen molar-refractivity contribution in [3.63, 3.8) is 0 Å². The van der Waals surface area contributed by atoms with Gasteiger partial charge in [0.2, 0.25) is 0 Å². The lowest BCUT2D eigenvalue weighted by Crippen LogP contribution is -2.49. The number of likely N-dealkylation sites (N-methyl/N-ethyl adjacent to an activating group) is 1. The highest BCUT2D eigenvalue weighted by molar-refractivity contribution is 5.77. The summed E-state index contributed by atoms with van der Waals surface area (Å²) < 4.78 is 5.20. The molecule has 2 amide bonds. The summed E-state index contributed by atoms with van der Waals surface area (Å²) in [5, 5.41) is 12.1. The number of nitrogens with one attached hydrogen (secondary N) is 1. The zero-order valence-electron chi connectivity index (χ0n) is 12.7. The van der Waals surface area contributed by atoms with Crippen LogP contribution in [0.25, 0.3) is 0 Å². The van der Waals surface area contributed by atoms with Gasteiger partial charge in [0.25, 0.3) is 0 Å². The summed E-state index contributed by atoms with van der Waals surface area (Å²) in [6.45, 7) is 3.24. The number of carbonyl (C=O) groups is 2. The van der Waals surface area contributed by atoms with Gasteiger partial charge in [0.15, 0.2) is 0 Å². The largest absolute Gasteiger partial charge is 0.481 e. The normalized spacial score (nSPS) is 27.5. The number of nitrogens with zero attached hydrogens (tertiary/aromatic N) is 2. The van der Waals surface area contributed by atoms with Crippen molar-refractivity contribution in [2.45, 2.75) is 18.9 Å². The van der Waals surface area contributed by atoms with Crippen LogP contribution in [-0.2, 0) is 9.53 Å². The molecule has 0 aromatic rings. The lowest BCUT2D eigenvalue weighted by atomic mass is 9.97. The Morgan fingerprint density at radius 2 is 2.00 bits per heavy atom. The van der Waals surface area contributed by atoms with Gasteiger partial charge in [-0.25, -0.2) is 4.79 Å². The predicted octanol–water partition coefficient (Wildman–Crippen LogP) is 0.0692. The molecular weight excluding hydrogens is 274 g/mol. The van der Waals surface area contributed by atoms with Gasteiger partial charge < -0.3 is 25.0 Å². The molecular formula is C14H25N3O4. The fourth-order valence-corrected chi connectivity index (χ4v) is 2.93. The first-order valence-corrected chi connectivity index (χ1v) is 7.48. The number of aliphatic carboxylic acids is 1. The summed E-state index contributed by atoms with van der Waals surface area (Å²) in [6.07, 6.45) is 2.18. The standard InChI is InChI=1S/C14H25N3O4/c1-16-5-3-10(4-6-16)7-15-14(20)17(2)12-9-21-8-11(12)13(18)19/h10-12H,3-9H2,1-2H3,(H,15,20)(H,18,19). The number of ether oxygens (including phenoxy) is 1. The molecule has 0 aliphatic carbocycles. The van der Waals surface area contributed by atoms with Gasteiger partial charge in [-0.1, -0.05) is 0 Å². The van der Waals surface area contributed by atoms with Crippen molar-refractivity contribution < 1.29 is 19.4 Å². The molecule has 120 valence electrons. The van der Waals surface area contributed by atoms with Gasteiger partial charge in [-0.05, 0) is 38.9 Å². The van der Waals surface area contributed by atoms with E-state index < -0.39 is 11.9 Å². The first-order chi connectivity index (χ1) is 9.99. The van der Waals surface area contributed by atoms with E-state index >= 15 is 0 Å². The summed E-state index contributed by atoms with van der Waals surface area (Å²) in [5.74, 6) is -1.04. The van der Waals surface area contributed by atoms with E-state index in [9.17, 15) is 9.59 Å². The summed E-state index contributed by atoms with van der Waals surface area (Å²) in [4.78, 5) is 27.1. The van der Waals surface area contributed by atoms with Crippen LogP contribution < -0.4 is 5.32 Å². The molecule has 0 aromatic carbocycles. The summed E-state index contributed by atoms with van der Waals surface area (Å²) in [6, 6.07) is -0.601. The lowest BCUT2D eigenvalue weighted by Gasteiger charge is -2.31. The number of amides is 2. The van der Waals surface area contributed by atoms with Gasteiger partial charge >= 0.3 is 12.0 Å². The molecule has 0 spiro atoms. The molecule has 7 nitrogen and oxygen atoms in total. The monoisotopic (exact) mass is 299 g/mol. The number of likely N-dealkylation sites (tertiary alicyclic amines) is 1. The van der Waals surface area contributed by atoms with Crippen LogP contribution in [0.15, 0.2) is 0 Å². The van der Waals surface area contributed by atoms with Gasteiger partial charge in [-0.2, -0.15) is 0 Å². The van der Waals surface area contributed by atoms with Crippen molar-refractivity contribution in [3.8, 4) is 0 Å². The summed E-state index contributed by atoms with van der Waals surface area (Å²) in [7, 11) is 3.74. The maximum absolute atomic E-state index is 12.2. The van der Waals surface area contributed by atoms with E-state index in [1.165, 1.54) is 4.90 Å². The van der Waals surface area contributed by atoms with E-state index in [0.29, 0.717) is 12.5 Å². The number of hydrogen-bond acceptors (Lipinski definition) is 4. The Morgan fingerprint density at radius 1 is 1.33 bits per heavy atom. The van der Waals surface area contributed by atoms with E-state index in [-0.39, 0.29) is 25.3 Å². The van der Waals surface area contributed by atoms with E-state index in [0.717, 1.165) is 25.9 Å². The molecule has 2 rings (SSSR count). The number of urea groups is 1. The van der Waals surface area contributed by atoms with Crippen LogP contribution in [0.3, 0.4) is 0 Å². The molecule has 0 radical (unpaired) electrons. The van der Waals surface area contributed by atoms with Crippen molar-refractivity contribution in [1.82, 2.24) is 15.1 Å². The molecule has 2 fully saturated rings. The van der Waals surface area contributed by atoms with Crippen LogP contribution in [0, 0.1) is 11.8 Å². The Balaban J connectivity index is 1.78. The van der Waals surface area contributed by atoms with Crippen molar-refractivity contribution in [1.29, 1.82) is 0 Å². The first kappa shape index (κ1) is 16.0. The third kappa shape index (κ3) is 4.07. The fourth-order valence-electron chi connectivity index (χ4n) is 2.93. The minimum Gasteiger partial charge on any atom is -0.481 e. The summed E-state index contributed by atoms with van der Waals surface area (Å²) in [5.41, 5.74) is 0. The number of piperidine rings is 1. The minimum absolute atomic E-state index is 0.173. The van der Waals surface area contributed by atoms with E-state index in [1.807, 2.05) is 0 Å². The number of rotatable bonds is 4. The number of carboxylic acid groups (broad SMARTS) is 1. The van der Waals surface area contributed by atoms with Crippen LogP contribution in [0.4, 0.5) is 4.79 Å². The van der Waals surface area contributed by atoms with Crippen LogP contribution >= 0.6 is 0 Å². The van der Waals surface area contributed by atoms with Crippen molar-refractivity contribution >= 4 is 12.0 Å². The Hall–Kier alpha value is -1.34. The highest BCUT2D eigenvalue weighted by atomic mass is 16.5. The molecule has 0 bridgehead atoms. The molecule has 2 heterocycles. The third-order valence-electron chi connectivity index (χ3n) is 4.57. The Labute approximate surface area is 125 Å². The SMILES string of the molecule is CN1CCC(CNC(=O)N(C)C2COCC2C(=O)O)CC1. The van der Waals surface area contributed by atoms with Crippen LogP contribution in [0.5, 0.6) is 0 Å². The highest BCUT2D eigenvalue weighted by Gasteiger charge is 2.38. The number of carbonyl (C=O) groups excluding carboxylic acids is 1. The van der Waals surface area contributed by atoms with Crippen LogP contribution in [0.2, 0.25) is 0 Å². The van der Waals surface area contributed by atoms with Crippen LogP contribution in [0.1, 0.15) is 12.8 Å².